The first-order chi connectivity index (χ1) is 8.66. The summed E-state index contributed by atoms with van der Waals surface area (Å²) in [5.74, 6) is 1.49. The van der Waals surface area contributed by atoms with Crippen LogP contribution < -0.4 is 5.32 Å². The molecule has 0 saturated heterocycles. The molecule has 0 radical (unpaired) electrons. The van der Waals surface area contributed by atoms with Gasteiger partial charge in [-0.1, -0.05) is 13.8 Å². The fraction of sp³-hybridized carbons (Fsp3) is 0.429. The minimum atomic E-state index is 0.658. The number of thiophene rings is 1. The third kappa shape index (κ3) is 3.37. The number of aryl methyl sites for hydroxylation is 1. The van der Waals surface area contributed by atoms with E-state index in [0.717, 1.165) is 30.2 Å². The Balaban J connectivity index is 2.08. The first kappa shape index (κ1) is 13.2. The van der Waals surface area contributed by atoms with Crippen LogP contribution in [0.25, 0.3) is 11.4 Å². The van der Waals surface area contributed by atoms with E-state index < -0.39 is 0 Å². The average Bonchev–Trinajstić information content (AvgIpc) is 2.75. The molecule has 0 unspecified atom stereocenters. The minimum absolute atomic E-state index is 0.658. The summed E-state index contributed by atoms with van der Waals surface area (Å²) in [6.07, 6.45) is 1.84. The van der Waals surface area contributed by atoms with Crippen LogP contribution in [-0.4, -0.2) is 16.5 Å². The van der Waals surface area contributed by atoms with Gasteiger partial charge in [0.05, 0.1) is 5.69 Å². The average molecular weight is 261 g/mol. The van der Waals surface area contributed by atoms with E-state index in [-0.39, 0.29) is 0 Å². The van der Waals surface area contributed by atoms with E-state index in [0.29, 0.717) is 5.92 Å². The van der Waals surface area contributed by atoms with Crippen LogP contribution in [0.5, 0.6) is 0 Å². The predicted molar refractivity (Wildman–Crippen MR) is 76.6 cm³/mol. The largest absolute Gasteiger partial charge is 0.311 e. The van der Waals surface area contributed by atoms with Gasteiger partial charge in [0.1, 0.15) is 0 Å². The van der Waals surface area contributed by atoms with Gasteiger partial charge in [-0.3, -0.25) is 0 Å². The molecule has 2 aromatic rings. The lowest BCUT2D eigenvalue weighted by molar-refractivity contribution is 0.548. The molecule has 4 heteroatoms. The van der Waals surface area contributed by atoms with Gasteiger partial charge in [0.2, 0.25) is 0 Å². The topological polar surface area (TPSA) is 37.8 Å². The normalized spacial score (nSPS) is 11.1. The van der Waals surface area contributed by atoms with E-state index in [1.54, 1.807) is 11.3 Å². The van der Waals surface area contributed by atoms with Crippen molar-refractivity contribution >= 4 is 11.3 Å². The summed E-state index contributed by atoms with van der Waals surface area (Å²) in [7, 11) is 0. The summed E-state index contributed by atoms with van der Waals surface area (Å²) in [6.45, 7) is 8.31. The van der Waals surface area contributed by atoms with E-state index in [9.17, 15) is 0 Å². The van der Waals surface area contributed by atoms with Gasteiger partial charge in [-0.05, 0) is 36.4 Å². The summed E-state index contributed by atoms with van der Waals surface area (Å²) in [5, 5.41) is 7.64. The standard InChI is InChI=1S/C14H19N3S/c1-10(2)6-15-7-12-4-5-16-14(17-12)13-9-18-8-11(13)3/h4-5,8-10,15H,6-7H2,1-3H3. The number of hydrogen-bond donors (Lipinski definition) is 1. The molecule has 18 heavy (non-hydrogen) atoms. The van der Waals surface area contributed by atoms with E-state index >= 15 is 0 Å². The van der Waals surface area contributed by atoms with Crippen LogP contribution >= 0.6 is 11.3 Å². The van der Waals surface area contributed by atoms with Crippen LogP contribution in [0.15, 0.2) is 23.0 Å². The van der Waals surface area contributed by atoms with Gasteiger partial charge in [-0.2, -0.15) is 11.3 Å². The molecule has 96 valence electrons. The Morgan fingerprint density at radius 2 is 2.17 bits per heavy atom. The number of hydrogen-bond acceptors (Lipinski definition) is 4. The molecule has 2 heterocycles. The van der Waals surface area contributed by atoms with Gasteiger partial charge >= 0.3 is 0 Å². The quantitative estimate of drug-likeness (QED) is 0.897. The van der Waals surface area contributed by atoms with Crippen LogP contribution in [0.4, 0.5) is 0 Å². The molecule has 0 spiro atoms. The van der Waals surface area contributed by atoms with Crippen molar-refractivity contribution in [3.05, 3.63) is 34.3 Å². The van der Waals surface area contributed by atoms with Crippen molar-refractivity contribution in [2.24, 2.45) is 5.92 Å². The number of aromatic nitrogens is 2. The number of rotatable bonds is 5. The lowest BCUT2D eigenvalue weighted by atomic mass is 10.2. The molecule has 0 aliphatic carbocycles. The monoisotopic (exact) mass is 261 g/mol. The third-order valence-corrected chi connectivity index (χ3v) is 3.53. The zero-order chi connectivity index (χ0) is 13.0. The smallest absolute Gasteiger partial charge is 0.160 e. The molecule has 2 aromatic heterocycles. The van der Waals surface area contributed by atoms with Gasteiger partial charge < -0.3 is 5.32 Å². The van der Waals surface area contributed by atoms with Crippen molar-refractivity contribution in [2.45, 2.75) is 27.3 Å². The molecule has 0 aliphatic heterocycles. The maximum absolute atomic E-state index is 4.61. The highest BCUT2D eigenvalue weighted by Gasteiger charge is 2.06. The van der Waals surface area contributed by atoms with Crippen molar-refractivity contribution in [1.29, 1.82) is 0 Å². The molecule has 0 aromatic carbocycles. The van der Waals surface area contributed by atoms with Crippen molar-refractivity contribution in [3.8, 4) is 11.4 Å². The van der Waals surface area contributed by atoms with Gasteiger partial charge in [0, 0.05) is 23.7 Å². The molecule has 0 amide bonds. The molecule has 1 N–H and O–H groups in total. The maximum atomic E-state index is 4.61. The summed E-state index contributed by atoms with van der Waals surface area (Å²) in [5.41, 5.74) is 3.43. The van der Waals surface area contributed by atoms with Crippen LogP contribution in [0.2, 0.25) is 0 Å². The molecule has 0 atom stereocenters. The minimum Gasteiger partial charge on any atom is -0.311 e. The second-order valence-electron chi connectivity index (χ2n) is 4.86. The Morgan fingerprint density at radius 1 is 1.33 bits per heavy atom. The lowest BCUT2D eigenvalue weighted by Crippen LogP contribution is -2.19. The van der Waals surface area contributed by atoms with Crippen molar-refractivity contribution in [2.75, 3.05) is 6.54 Å². The first-order valence-electron chi connectivity index (χ1n) is 6.22. The molecular formula is C14H19N3S. The molecular weight excluding hydrogens is 242 g/mol. The van der Waals surface area contributed by atoms with Gasteiger partial charge in [0.25, 0.3) is 0 Å². The fourth-order valence-corrected chi connectivity index (χ4v) is 2.53. The van der Waals surface area contributed by atoms with Crippen LogP contribution in [-0.2, 0) is 6.54 Å². The lowest BCUT2D eigenvalue weighted by Gasteiger charge is -2.07. The van der Waals surface area contributed by atoms with E-state index in [2.05, 4.69) is 46.8 Å². The van der Waals surface area contributed by atoms with Crippen molar-refractivity contribution in [3.63, 3.8) is 0 Å². The molecule has 2 rings (SSSR count). The van der Waals surface area contributed by atoms with E-state index in [1.807, 2.05) is 12.3 Å². The SMILES string of the molecule is Cc1cscc1-c1nccc(CNCC(C)C)n1. The van der Waals surface area contributed by atoms with Gasteiger partial charge in [-0.15, -0.1) is 0 Å². The van der Waals surface area contributed by atoms with E-state index in [4.69, 9.17) is 0 Å². The Morgan fingerprint density at radius 3 is 2.83 bits per heavy atom. The molecule has 3 nitrogen and oxygen atoms in total. The maximum Gasteiger partial charge on any atom is 0.160 e. The Labute approximate surface area is 112 Å². The van der Waals surface area contributed by atoms with Crippen LogP contribution in [0.1, 0.15) is 25.1 Å². The molecule has 0 saturated carbocycles. The first-order valence-corrected chi connectivity index (χ1v) is 7.17. The summed E-state index contributed by atoms with van der Waals surface area (Å²) < 4.78 is 0. The van der Waals surface area contributed by atoms with Gasteiger partial charge in [0.15, 0.2) is 5.82 Å². The summed E-state index contributed by atoms with van der Waals surface area (Å²) in [6, 6.07) is 1.97. The van der Waals surface area contributed by atoms with Crippen molar-refractivity contribution in [1.82, 2.24) is 15.3 Å². The Bertz CT molecular complexity index is 505. The second-order valence-corrected chi connectivity index (χ2v) is 5.61. The van der Waals surface area contributed by atoms with Crippen LogP contribution in [0.3, 0.4) is 0 Å². The highest BCUT2D eigenvalue weighted by Crippen LogP contribution is 2.23. The van der Waals surface area contributed by atoms with Crippen LogP contribution in [0, 0.1) is 12.8 Å². The Kier molecular flexibility index (Phi) is 4.44. The highest BCUT2D eigenvalue weighted by molar-refractivity contribution is 7.08. The zero-order valence-corrected chi connectivity index (χ0v) is 11.9. The summed E-state index contributed by atoms with van der Waals surface area (Å²) in [4.78, 5) is 8.96. The van der Waals surface area contributed by atoms with Crippen molar-refractivity contribution < 1.29 is 0 Å². The summed E-state index contributed by atoms with van der Waals surface area (Å²) >= 11 is 1.69. The zero-order valence-electron chi connectivity index (χ0n) is 11.1. The van der Waals surface area contributed by atoms with E-state index in [1.165, 1.54) is 5.56 Å². The Hall–Kier alpha value is -1.26. The highest BCUT2D eigenvalue weighted by atomic mass is 32.1. The predicted octanol–water partition coefficient (Wildman–Crippen LogP) is 3.26. The fourth-order valence-electron chi connectivity index (χ4n) is 1.70. The number of nitrogens with one attached hydrogen (secondary N) is 1. The van der Waals surface area contributed by atoms with Gasteiger partial charge in [-0.25, -0.2) is 9.97 Å². The molecule has 0 bridgehead atoms. The third-order valence-electron chi connectivity index (χ3n) is 2.67. The second kappa shape index (κ2) is 6.07. The molecule has 0 fully saturated rings. The molecule has 0 aliphatic rings. The number of nitrogens with zero attached hydrogens (tertiary/aromatic N) is 2.